The summed E-state index contributed by atoms with van der Waals surface area (Å²) in [5.74, 6) is -0.699. The molecule has 2 aromatic rings. The molecule has 5 nitrogen and oxygen atoms in total. The molecule has 2 atom stereocenters. The Kier molecular flexibility index (Phi) is 4.79. The van der Waals surface area contributed by atoms with Gasteiger partial charge < -0.3 is 9.64 Å². The van der Waals surface area contributed by atoms with Crippen molar-refractivity contribution >= 4 is 22.8 Å². The average Bonchev–Trinajstić information content (AvgIpc) is 2.59. The van der Waals surface area contributed by atoms with Gasteiger partial charge in [-0.25, -0.2) is 9.78 Å². The molecular weight excluding hydrogens is 304 g/mol. The van der Waals surface area contributed by atoms with Crippen LogP contribution in [0.1, 0.15) is 43.6 Å². The standard InChI is InChI=1S/C19H22N2O3/c1-13-6-5-7-14(2)21(13)18(22)12-24-19(23)17-11-10-15-8-3-4-9-16(15)20-17/h3-4,8-11,13-14H,5-7,12H2,1-2H3/t13-,14-/m1/s1. The topological polar surface area (TPSA) is 59.5 Å². The molecule has 24 heavy (non-hydrogen) atoms. The van der Waals surface area contributed by atoms with Crippen molar-refractivity contribution in [2.75, 3.05) is 6.61 Å². The summed E-state index contributed by atoms with van der Waals surface area (Å²) >= 11 is 0. The van der Waals surface area contributed by atoms with Gasteiger partial charge in [0.2, 0.25) is 0 Å². The van der Waals surface area contributed by atoms with E-state index in [4.69, 9.17) is 4.74 Å². The summed E-state index contributed by atoms with van der Waals surface area (Å²) in [6, 6.07) is 11.4. The Morgan fingerprint density at radius 2 is 1.83 bits per heavy atom. The van der Waals surface area contributed by atoms with Gasteiger partial charge in [-0.05, 0) is 45.2 Å². The SMILES string of the molecule is C[C@@H]1CCC[C@@H](C)N1C(=O)COC(=O)c1ccc2ccccc2n1. The second-order valence-electron chi connectivity index (χ2n) is 6.40. The van der Waals surface area contributed by atoms with E-state index in [0.717, 1.165) is 30.2 Å². The number of likely N-dealkylation sites (tertiary alicyclic amines) is 1. The van der Waals surface area contributed by atoms with Crippen LogP contribution in [0.3, 0.4) is 0 Å². The van der Waals surface area contributed by atoms with Crippen LogP contribution >= 0.6 is 0 Å². The normalized spacial score (nSPS) is 20.8. The zero-order chi connectivity index (χ0) is 17.1. The summed E-state index contributed by atoms with van der Waals surface area (Å²) in [5.41, 5.74) is 0.956. The highest BCUT2D eigenvalue weighted by Crippen LogP contribution is 2.22. The molecule has 3 rings (SSSR count). The molecule has 0 saturated carbocycles. The number of carbonyl (C=O) groups excluding carboxylic acids is 2. The number of aromatic nitrogens is 1. The number of fused-ring (bicyclic) bond motifs is 1. The van der Waals surface area contributed by atoms with E-state index in [-0.39, 0.29) is 30.3 Å². The van der Waals surface area contributed by atoms with Crippen molar-refractivity contribution in [2.24, 2.45) is 0 Å². The molecule has 1 aromatic carbocycles. The van der Waals surface area contributed by atoms with Gasteiger partial charge in [0, 0.05) is 17.5 Å². The van der Waals surface area contributed by atoms with Crippen molar-refractivity contribution in [2.45, 2.75) is 45.2 Å². The zero-order valence-corrected chi connectivity index (χ0v) is 14.1. The van der Waals surface area contributed by atoms with E-state index in [0.29, 0.717) is 0 Å². The molecule has 1 aliphatic heterocycles. The van der Waals surface area contributed by atoms with E-state index in [2.05, 4.69) is 4.98 Å². The number of para-hydroxylation sites is 1. The van der Waals surface area contributed by atoms with E-state index in [1.165, 1.54) is 0 Å². The van der Waals surface area contributed by atoms with Crippen LogP contribution in [-0.2, 0) is 9.53 Å². The molecule has 1 aliphatic rings. The smallest absolute Gasteiger partial charge is 0.357 e. The molecule has 5 heteroatoms. The van der Waals surface area contributed by atoms with Gasteiger partial charge >= 0.3 is 5.97 Å². The Hall–Kier alpha value is -2.43. The van der Waals surface area contributed by atoms with Crippen LogP contribution in [0.15, 0.2) is 36.4 Å². The summed E-state index contributed by atoms with van der Waals surface area (Å²) in [5, 5.41) is 0.959. The first-order chi connectivity index (χ1) is 11.6. The number of hydrogen-bond donors (Lipinski definition) is 0. The van der Waals surface area contributed by atoms with Crippen molar-refractivity contribution in [3.05, 3.63) is 42.1 Å². The molecule has 0 aliphatic carbocycles. The number of esters is 1. The first-order valence-corrected chi connectivity index (χ1v) is 8.40. The van der Waals surface area contributed by atoms with Gasteiger partial charge in [0.15, 0.2) is 6.61 Å². The number of benzene rings is 1. The second kappa shape index (κ2) is 6.99. The van der Waals surface area contributed by atoms with Crippen molar-refractivity contribution in [1.82, 2.24) is 9.88 Å². The number of ether oxygens (including phenoxy) is 1. The van der Waals surface area contributed by atoms with E-state index in [1.807, 2.05) is 49.1 Å². The Labute approximate surface area is 141 Å². The van der Waals surface area contributed by atoms with Gasteiger partial charge in [-0.2, -0.15) is 0 Å². The van der Waals surface area contributed by atoms with Gasteiger partial charge in [-0.3, -0.25) is 4.79 Å². The third-order valence-corrected chi connectivity index (χ3v) is 4.62. The van der Waals surface area contributed by atoms with Crippen LogP contribution in [-0.4, -0.2) is 40.5 Å². The number of pyridine rings is 1. The van der Waals surface area contributed by atoms with E-state index >= 15 is 0 Å². The maximum absolute atomic E-state index is 12.4. The van der Waals surface area contributed by atoms with E-state index in [9.17, 15) is 9.59 Å². The maximum Gasteiger partial charge on any atom is 0.357 e. The molecule has 1 fully saturated rings. The Morgan fingerprint density at radius 1 is 1.12 bits per heavy atom. The molecule has 0 bridgehead atoms. The summed E-state index contributed by atoms with van der Waals surface area (Å²) in [7, 11) is 0. The highest BCUT2D eigenvalue weighted by molar-refractivity contribution is 5.92. The zero-order valence-electron chi connectivity index (χ0n) is 14.1. The van der Waals surface area contributed by atoms with Crippen molar-refractivity contribution < 1.29 is 14.3 Å². The molecule has 1 saturated heterocycles. The Morgan fingerprint density at radius 3 is 2.58 bits per heavy atom. The van der Waals surface area contributed by atoms with Crippen LogP contribution in [0.4, 0.5) is 0 Å². The summed E-state index contributed by atoms with van der Waals surface area (Å²) in [6.45, 7) is 3.85. The van der Waals surface area contributed by atoms with Crippen LogP contribution < -0.4 is 0 Å². The van der Waals surface area contributed by atoms with Crippen LogP contribution in [0, 0.1) is 0 Å². The van der Waals surface area contributed by atoms with Crippen LogP contribution in [0.25, 0.3) is 10.9 Å². The maximum atomic E-state index is 12.4. The molecular formula is C19H22N2O3. The lowest BCUT2D eigenvalue weighted by atomic mass is 9.97. The van der Waals surface area contributed by atoms with Crippen molar-refractivity contribution in [3.63, 3.8) is 0 Å². The summed E-state index contributed by atoms with van der Waals surface area (Å²) < 4.78 is 5.20. The summed E-state index contributed by atoms with van der Waals surface area (Å²) in [4.78, 5) is 30.7. The number of hydrogen-bond acceptors (Lipinski definition) is 4. The lowest BCUT2D eigenvalue weighted by Gasteiger charge is -2.38. The number of rotatable bonds is 3. The third-order valence-electron chi connectivity index (χ3n) is 4.62. The Balaban J connectivity index is 1.64. The monoisotopic (exact) mass is 326 g/mol. The summed E-state index contributed by atoms with van der Waals surface area (Å²) in [6.07, 6.45) is 3.12. The van der Waals surface area contributed by atoms with Crippen molar-refractivity contribution in [1.29, 1.82) is 0 Å². The first-order valence-electron chi connectivity index (χ1n) is 8.40. The predicted molar refractivity (Wildman–Crippen MR) is 91.6 cm³/mol. The molecule has 2 heterocycles. The average molecular weight is 326 g/mol. The molecule has 1 amide bonds. The molecule has 0 radical (unpaired) electrons. The van der Waals surface area contributed by atoms with Crippen molar-refractivity contribution in [3.8, 4) is 0 Å². The molecule has 0 N–H and O–H groups in total. The lowest BCUT2D eigenvalue weighted by Crippen LogP contribution is -2.49. The molecule has 126 valence electrons. The van der Waals surface area contributed by atoms with Crippen LogP contribution in [0.2, 0.25) is 0 Å². The number of carbonyl (C=O) groups is 2. The van der Waals surface area contributed by atoms with E-state index in [1.54, 1.807) is 6.07 Å². The fraction of sp³-hybridized carbons (Fsp3) is 0.421. The second-order valence-corrected chi connectivity index (χ2v) is 6.40. The number of piperidine rings is 1. The minimum Gasteiger partial charge on any atom is -0.451 e. The minimum atomic E-state index is -0.564. The van der Waals surface area contributed by atoms with Gasteiger partial charge in [-0.15, -0.1) is 0 Å². The largest absolute Gasteiger partial charge is 0.451 e. The van der Waals surface area contributed by atoms with Gasteiger partial charge in [0.05, 0.1) is 5.52 Å². The highest BCUT2D eigenvalue weighted by atomic mass is 16.5. The molecule has 1 aromatic heterocycles. The van der Waals surface area contributed by atoms with Gasteiger partial charge in [0.25, 0.3) is 5.91 Å². The first kappa shape index (κ1) is 16.4. The number of nitrogens with zero attached hydrogens (tertiary/aromatic N) is 2. The molecule has 0 spiro atoms. The fourth-order valence-electron chi connectivity index (χ4n) is 3.37. The predicted octanol–water partition coefficient (Wildman–Crippen LogP) is 3.18. The highest BCUT2D eigenvalue weighted by Gasteiger charge is 2.29. The minimum absolute atomic E-state index is 0.135. The van der Waals surface area contributed by atoms with Gasteiger partial charge in [-0.1, -0.05) is 24.3 Å². The quantitative estimate of drug-likeness (QED) is 0.813. The fourth-order valence-corrected chi connectivity index (χ4v) is 3.37. The lowest BCUT2D eigenvalue weighted by molar-refractivity contribution is -0.140. The van der Waals surface area contributed by atoms with E-state index < -0.39 is 5.97 Å². The Bertz CT molecular complexity index is 749. The number of amides is 1. The third kappa shape index (κ3) is 3.40. The van der Waals surface area contributed by atoms with Gasteiger partial charge in [0.1, 0.15) is 5.69 Å². The molecule has 0 unspecified atom stereocenters. The van der Waals surface area contributed by atoms with Crippen LogP contribution in [0.5, 0.6) is 0 Å².